The Kier molecular flexibility index (Phi) is 4.64. The van der Waals surface area contributed by atoms with Gasteiger partial charge in [0.05, 0.1) is 11.6 Å². The largest absolute Gasteiger partial charge is 0.494 e. The third-order valence-electron chi connectivity index (χ3n) is 3.00. The van der Waals surface area contributed by atoms with Crippen molar-refractivity contribution in [2.24, 2.45) is 0 Å². The van der Waals surface area contributed by atoms with E-state index in [0.29, 0.717) is 10.6 Å². The highest BCUT2D eigenvalue weighted by atomic mass is 79.9. The molecule has 4 nitrogen and oxygen atoms in total. The standard InChI is InChI=1S/C12H17BrN2O2S/c1-8-9(13)10(17-2)11(18-8)12(16)15-6-3-4-14-5-7-15/h14H,3-7H2,1-2H3. The molecule has 0 saturated carbocycles. The molecule has 2 rings (SSSR count). The number of rotatable bonds is 2. The summed E-state index contributed by atoms with van der Waals surface area (Å²) < 4.78 is 6.24. The Morgan fingerprint density at radius 3 is 2.94 bits per heavy atom. The van der Waals surface area contributed by atoms with Gasteiger partial charge in [0.15, 0.2) is 5.75 Å². The Balaban J connectivity index is 2.24. The van der Waals surface area contributed by atoms with Crippen LogP contribution in [0.25, 0.3) is 0 Å². The van der Waals surface area contributed by atoms with Crippen LogP contribution in [0.15, 0.2) is 4.47 Å². The Hall–Kier alpha value is -0.590. The topological polar surface area (TPSA) is 41.6 Å². The van der Waals surface area contributed by atoms with E-state index in [-0.39, 0.29) is 5.91 Å². The summed E-state index contributed by atoms with van der Waals surface area (Å²) in [5.74, 6) is 0.744. The van der Waals surface area contributed by atoms with Gasteiger partial charge >= 0.3 is 0 Å². The van der Waals surface area contributed by atoms with Crippen molar-refractivity contribution in [2.45, 2.75) is 13.3 Å². The first-order chi connectivity index (χ1) is 8.65. The third-order valence-corrected chi connectivity index (χ3v) is 5.29. The highest BCUT2D eigenvalue weighted by molar-refractivity contribution is 9.10. The number of nitrogens with one attached hydrogen (secondary N) is 1. The van der Waals surface area contributed by atoms with Crippen molar-refractivity contribution in [1.29, 1.82) is 0 Å². The molecule has 1 aliphatic rings. The fraction of sp³-hybridized carbons (Fsp3) is 0.583. The van der Waals surface area contributed by atoms with Crippen LogP contribution in [0, 0.1) is 6.92 Å². The molecule has 1 aromatic rings. The van der Waals surface area contributed by atoms with Crippen molar-refractivity contribution in [3.63, 3.8) is 0 Å². The molecule has 1 amide bonds. The van der Waals surface area contributed by atoms with Crippen molar-refractivity contribution in [1.82, 2.24) is 10.2 Å². The van der Waals surface area contributed by atoms with Gasteiger partial charge in [-0.1, -0.05) is 0 Å². The Morgan fingerprint density at radius 1 is 1.44 bits per heavy atom. The maximum Gasteiger partial charge on any atom is 0.267 e. The lowest BCUT2D eigenvalue weighted by atomic mass is 10.3. The molecule has 1 aromatic heterocycles. The normalized spacial score (nSPS) is 16.5. The zero-order chi connectivity index (χ0) is 13.1. The van der Waals surface area contributed by atoms with Crippen LogP contribution < -0.4 is 10.1 Å². The van der Waals surface area contributed by atoms with Gasteiger partial charge < -0.3 is 15.0 Å². The SMILES string of the molecule is COc1c(C(=O)N2CCCNCC2)sc(C)c1Br. The van der Waals surface area contributed by atoms with Gasteiger partial charge in [-0.2, -0.15) is 0 Å². The lowest BCUT2D eigenvalue weighted by Gasteiger charge is -2.19. The highest BCUT2D eigenvalue weighted by Crippen LogP contribution is 2.39. The van der Waals surface area contributed by atoms with E-state index >= 15 is 0 Å². The summed E-state index contributed by atoms with van der Waals surface area (Å²) in [4.78, 5) is 16.2. The molecular formula is C12H17BrN2O2S. The van der Waals surface area contributed by atoms with E-state index in [4.69, 9.17) is 4.74 Å². The number of carbonyl (C=O) groups is 1. The van der Waals surface area contributed by atoms with Gasteiger partial charge in [-0.25, -0.2) is 0 Å². The number of carbonyl (C=O) groups excluding carboxylic acids is 1. The average Bonchev–Trinajstić information content (AvgIpc) is 2.60. The Morgan fingerprint density at radius 2 is 2.22 bits per heavy atom. The first-order valence-electron chi connectivity index (χ1n) is 5.98. The minimum atomic E-state index is 0.0781. The van der Waals surface area contributed by atoms with E-state index in [9.17, 15) is 4.79 Å². The lowest BCUT2D eigenvalue weighted by Crippen LogP contribution is -2.33. The molecule has 18 heavy (non-hydrogen) atoms. The molecule has 0 atom stereocenters. The summed E-state index contributed by atoms with van der Waals surface area (Å²) in [6.45, 7) is 5.39. The van der Waals surface area contributed by atoms with Crippen LogP contribution in [-0.4, -0.2) is 44.1 Å². The summed E-state index contributed by atoms with van der Waals surface area (Å²) in [6, 6.07) is 0. The molecule has 1 aliphatic heterocycles. The first-order valence-corrected chi connectivity index (χ1v) is 7.59. The molecular weight excluding hydrogens is 316 g/mol. The summed E-state index contributed by atoms with van der Waals surface area (Å²) in [6.07, 6.45) is 1.000. The average molecular weight is 333 g/mol. The summed E-state index contributed by atoms with van der Waals surface area (Å²) >= 11 is 4.96. The molecule has 0 spiro atoms. The van der Waals surface area contributed by atoms with E-state index in [1.165, 1.54) is 11.3 Å². The van der Waals surface area contributed by atoms with Crippen molar-refractivity contribution in [3.05, 3.63) is 14.2 Å². The van der Waals surface area contributed by atoms with E-state index in [1.807, 2.05) is 11.8 Å². The van der Waals surface area contributed by atoms with Crippen molar-refractivity contribution < 1.29 is 9.53 Å². The molecule has 1 N–H and O–H groups in total. The predicted octanol–water partition coefficient (Wildman–Crippen LogP) is 2.26. The van der Waals surface area contributed by atoms with E-state index in [2.05, 4.69) is 21.2 Å². The number of amides is 1. The number of aryl methyl sites for hydroxylation is 1. The number of methoxy groups -OCH3 is 1. The minimum absolute atomic E-state index is 0.0781. The summed E-state index contributed by atoms with van der Waals surface area (Å²) in [7, 11) is 1.60. The maximum absolute atomic E-state index is 12.5. The zero-order valence-electron chi connectivity index (χ0n) is 10.6. The molecule has 2 heterocycles. The molecule has 100 valence electrons. The molecule has 0 aromatic carbocycles. The number of thiophene rings is 1. The van der Waals surface area contributed by atoms with Gasteiger partial charge in [-0.15, -0.1) is 11.3 Å². The number of hydrogen-bond donors (Lipinski definition) is 1. The molecule has 0 radical (unpaired) electrons. The molecule has 0 unspecified atom stereocenters. The smallest absolute Gasteiger partial charge is 0.267 e. The van der Waals surface area contributed by atoms with Crippen molar-refractivity contribution in [2.75, 3.05) is 33.3 Å². The van der Waals surface area contributed by atoms with Crippen LogP contribution in [0.4, 0.5) is 0 Å². The highest BCUT2D eigenvalue weighted by Gasteiger charge is 2.25. The third kappa shape index (κ3) is 2.70. The number of hydrogen-bond acceptors (Lipinski definition) is 4. The van der Waals surface area contributed by atoms with Gasteiger partial charge in [0.1, 0.15) is 4.88 Å². The summed E-state index contributed by atoms with van der Waals surface area (Å²) in [5, 5.41) is 3.30. The molecule has 6 heteroatoms. The zero-order valence-corrected chi connectivity index (χ0v) is 13.0. The fourth-order valence-corrected chi connectivity index (χ4v) is 3.74. The van der Waals surface area contributed by atoms with Crippen LogP contribution in [-0.2, 0) is 0 Å². The van der Waals surface area contributed by atoms with Gasteiger partial charge in [0.2, 0.25) is 0 Å². The van der Waals surface area contributed by atoms with Gasteiger partial charge in [0, 0.05) is 24.5 Å². The second-order valence-electron chi connectivity index (χ2n) is 4.23. The van der Waals surface area contributed by atoms with Gasteiger partial charge in [0.25, 0.3) is 5.91 Å². The maximum atomic E-state index is 12.5. The fourth-order valence-electron chi connectivity index (χ4n) is 2.02. The van der Waals surface area contributed by atoms with E-state index in [1.54, 1.807) is 7.11 Å². The van der Waals surface area contributed by atoms with Crippen LogP contribution >= 0.6 is 27.3 Å². The second-order valence-corrected chi connectivity index (χ2v) is 6.25. The summed E-state index contributed by atoms with van der Waals surface area (Å²) in [5.41, 5.74) is 0. The number of halogens is 1. The van der Waals surface area contributed by atoms with Crippen LogP contribution in [0.3, 0.4) is 0 Å². The van der Waals surface area contributed by atoms with Crippen LogP contribution in [0.1, 0.15) is 21.0 Å². The van der Waals surface area contributed by atoms with Crippen LogP contribution in [0.5, 0.6) is 5.75 Å². The van der Waals surface area contributed by atoms with E-state index < -0.39 is 0 Å². The van der Waals surface area contributed by atoms with Crippen molar-refractivity contribution >= 4 is 33.2 Å². The van der Waals surface area contributed by atoms with Crippen molar-refractivity contribution in [3.8, 4) is 5.75 Å². The van der Waals surface area contributed by atoms with Gasteiger partial charge in [-0.3, -0.25) is 4.79 Å². The Labute approximate surface area is 119 Å². The van der Waals surface area contributed by atoms with Crippen LogP contribution in [0.2, 0.25) is 0 Å². The van der Waals surface area contributed by atoms with E-state index in [0.717, 1.165) is 41.9 Å². The predicted molar refractivity (Wildman–Crippen MR) is 76.7 cm³/mol. The molecule has 0 aliphatic carbocycles. The number of nitrogens with zero attached hydrogens (tertiary/aromatic N) is 1. The monoisotopic (exact) mass is 332 g/mol. The number of ether oxygens (including phenoxy) is 1. The first kappa shape index (κ1) is 13.8. The molecule has 1 saturated heterocycles. The Bertz CT molecular complexity index is 440. The van der Waals surface area contributed by atoms with Gasteiger partial charge in [-0.05, 0) is 35.8 Å². The quantitative estimate of drug-likeness (QED) is 0.903. The minimum Gasteiger partial charge on any atom is -0.494 e. The second kappa shape index (κ2) is 6.04. The molecule has 1 fully saturated rings. The molecule has 0 bridgehead atoms. The lowest BCUT2D eigenvalue weighted by molar-refractivity contribution is 0.0768.